The van der Waals surface area contributed by atoms with Crippen molar-refractivity contribution in [2.45, 2.75) is 33.2 Å². The summed E-state index contributed by atoms with van der Waals surface area (Å²) in [6.45, 7) is 8.73. The lowest BCUT2D eigenvalue weighted by molar-refractivity contribution is 0.180. The van der Waals surface area contributed by atoms with Crippen LogP contribution < -0.4 is 5.73 Å². The molecule has 1 fully saturated rings. The molecule has 2 nitrogen and oxygen atoms in total. The van der Waals surface area contributed by atoms with Gasteiger partial charge in [-0.25, -0.2) is 0 Å². The Morgan fingerprint density at radius 1 is 1.18 bits per heavy atom. The van der Waals surface area contributed by atoms with Crippen molar-refractivity contribution in [3.63, 3.8) is 0 Å². The minimum Gasteiger partial charge on any atom is -0.330 e. The second kappa shape index (κ2) is 5.65. The SMILES string of the molecule is Cc1ccc(CN2CCC(CN)CC2)cc1C. The van der Waals surface area contributed by atoms with E-state index in [0.29, 0.717) is 0 Å². The molecule has 0 unspecified atom stereocenters. The predicted molar refractivity (Wildman–Crippen MR) is 73.0 cm³/mol. The Kier molecular flexibility index (Phi) is 4.19. The highest BCUT2D eigenvalue weighted by Crippen LogP contribution is 2.19. The number of rotatable bonds is 3. The van der Waals surface area contributed by atoms with Gasteiger partial charge in [-0.3, -0.25) is 4.90 Å². The average Bonchev–Trinajstić information content (AvgIpc) is 2.35. The van der Waals surface area contributed by atoms with E-state index in [1.54, 1.807) is 0 Å². The molecule has 0 radical (unpaired) electrons. The van der Waals surface area contributed by atoms with Gasteiger partial charge in [0.1, 0.15) is 0 Å². The molecule has 0 bridgehead atoms. The Hall–Kier alpha value is -0.860. The average molecular weight is 232 g/mol. The maximum absolute atomic E-state index is 5.72. The Morgan fingerprint density at radius 2 is 1.88 bits per heavy atom. The van der Waals surface area contributed by atoms with Crippen LogP contribution in [0.3, 0.4) is 0 Å². The van der Waals surface area contributed by atoms with Crippen molar-refractivity contribution in [1.29, 1.82) is 0 Å². The number of likely N-dealkylation sites (tertiary alicyclic amines) is 1. The molecular formula is C15H24N2. The summed E-state index contributed by atoms with van der Waals surface area (Å²) < 4.78 is 0. The summed E-state index contributed by atoms with van der Waals surface area (Å²) in [7, 11) is 0. The number of aryl methyl sites for hydroxylation is 2. The molecule has 1 saturated heterocycles. The third-order valence-corrected chi connectivity index (χ3v) is 4.02. The molecule has 1 aliphatic rings. The zero-order valence-electron chi connectivity index (χ0n) is 11.1. The summed E-state index contributed by atoms with van der Waals surface area (Å²) in [5.41, 5.74) is 9.95. The first-order chi connectivity index (χ1) is 8.19. The van der Waals surface area contributed by atoms with E-state index in [9.17, 15) is 0 Å². The van der Waals surface area contributed by atoms with Crippen LogP contribution in [-0.2, 0) is 6.54 Å². The predicted octanol–water partition coefficient (Wildman–Crippen LogP) is 2.47. The molecule has 17 heavy (non-hydrogen) atoms. The molecule has 94 valence electrons. The van der Waals surface area contributed by atoms with Gasteiger partial charge in [0.2, 0.25) is 0 Å². The molecule has 1 aliphatic heterocycles. The van der Waals surface area contributed by atoms with Crippen molar-refractivity contribution in [3.8, 4) is 0 Å². The molecular weight excluding hydrogens is 208 g/mol. The first-order valence-corrected chi connectivity index (χ1v) is 6.67. The highest BCUT2D eigenvalue weighted by molar-refractivity contribution is 5.29. The van der Waals surface area contributed by atoms with Gasteiger partial charge >= 0.3 is 0 Å². The van der Waals surface area contributed by atoms with E-state index < -0.39 is 0 Å². The largest absolute Gasteiger partial charge is 0.330 e. The molecule has 1 aromatic carbocycles. The molecule has 0 aliphatic carbocycles. The van der Waals surface area contributed by atoms with Gasteiger partial charge in [0.05, 0.1) is 0 Å². The number of hydrogen-bond donors (Lipinski definition) is 1. The van der Waals surface area contributed by atoms with E-state index in [4.69, 9.17) is 5.73 Å². The van der Waals surface area contributed by atoms with E-state index in [0.717, 1.165) is 19.0 Å². The monoisotopic (exact) mass is 232 g/mol. The fraction of sp³-hybridized carbons (Fsp3) is 0.600. The van der Waals surface area contributed by atoms with E-state index >= 15 is 0 Å². The number of nitrogens with zero attached hydrogens (tertiary/aromatic N) is 1. The normalized spacial score (nSPS) is 18.5. The van der Waals surface area contributed by atoms with Crippen LogP contribution in [-0.4, -0.2) is 24.5 Å². The standard InChI is InChI=1S/C15H24N2/c1-12-3-4-15(9-13(12)2)11-17-7-5-14(10-16)6-8-17/h3-4,9,14H,5-8,10-11,16H2,1-2H3. The molecule has 0 aromatic heterocycles. The lowest BCUT2D eigenvalue weighted by Gasteiger charge is -2.31. The number of benzene rings is 1. The number of hydrogen-bond acceptors (Lipinski definition) is 2. The van der Waals surface area contributed by atoms with Crippen molar-refractivity contribution in [1.82, 2.24) is 4.90 Å². The van der Waals surface area contributed by atoms with Gasteiger partial charge in [0.15, 0.2) is 0 Å². The maximum atomic E-state index is 5.72. The lowest BCUT2D eigenvalue weighted by atomic mass is 9.96. The van der Waals surface area contributed by atoms with E-state index in [-0.39, 0.29) is 0 Å². The van der Waals surface area contributed by atoms with Gasteiger partial charge < -0.3 is 5.73 Å². The zero-order chi connectivity index (χ0) is 12.3. The lowest BCUT2D eigenvalue weighted by Crippen LogP contribution is -2.35. The van der Waals surface area contributed by atoms with Crippen molar-refractivity contribution in [2.75, 3.05) is 19.6 Å². The molecule has 0 atom stereocenters. The first-order valence-electron chi connectivity index (χ1n) is 6.67. The van der Waals surface area contributed by atoms with E-state index in [1.807, 2.05) is 0 Å². The highest BCUT2D eigenvalue weighted by atomic mass is 15.1. The van der Waals surface area contributed by atoms with Crippen LogP contribution in [0.25, 0.3) is 0 Å². The van der Waals surface area contributed by atoms with Gasteiger partial charge in [0.25, 0.3) is 0 Å². The topological polar surface area (TPSA) is 29.3 Å². The summed E-state index contributed by atoms with van der Waals surface area (Å²) in [6.07, 6.45) is 2.53. The Labute approximate surface area is 105 Å². The fourth-order valence-electron chi connectivity index (χ4n) is 2.54. The van der Waals surface area contributed by atoms with Gasteiger partial charge in [-0.05, 0) is 68.9 Å². The summed E-state index contributed by atoms with van der Waals surface area (Å²) >= 11 is 0. The zero-order valence-corrected chi connectivity index (χ0v) is 11.1. The summed E-state index contributed by atoms with van der Waals surface area (Å²) in [5.74, 6) is 0.756. The van der Waals surface area contributed by atoms with E-state index in [2.05, 4.69) is 36.9 Å². The van der Waals surface area contributed by atoms with Crippen molar-refractivity contribution in [3.05, 3.63) is 34.9 Å². The third-order valence-electron chi connectivity index (χ3n) is 4.02. The van der Waals surface area contributed by atoms with Crippen LogP contribution in [0.2, 0.25) is 0 Å². The first kappa shape index (κ1) is 12.6. The quantitative estimate of drug-likeness (QED) is 0.867. The highest BCUT2D eigenvalue weighted by Gasteiger charge is 2.17. The van der Waals surface area contributed by atoms with Gasteiger partial charge in [0, 0.05) is 6.54 Å². The third kappa shape index (κ3) is 3.30. The molecule has 2 heteroatoms. The summed E-state index contributed by atoms with van der Waals surface area (Å²) in [5, 5.41) is 0. The molecule has 0 spiro atoms. The molecule has 1 aromatic rings. The van der Waals surface area contributed by atoms with Crippen LogP contribution >= 0.6 is 0 Å². The minimum atomic E-state index is 0.756. The van der Waals surface area contributed by atoms with Crippen molar-refractivity contribution < 1.29 is 0 Å². The Balaban J connectivity index is 1.91. The molecule has 1 heterocycles. The number of piperidine rings is 1. The van der Waals surface area contributed by atoms with Crippen LogP contribution in [0.4, 0.5) is 0 Å². The fourth-order valence-corrected chi connectivity index (χ4v) is 2.54. The second-order valence-corrected chi connectivity index (χ2v) is 5.37. The van der Waals surface area contributed by atoms with Gasteiger partial charge in [-0.1, -0.05) is 18.2 Å². The molecule has 2 N–H and O–H groups in total. The molecule has 2 rings (SSSR count). The minimum absolute atomic E-state index is 0.756. The number of nitrogens with two attached hydrogens (primary N) is 1. The van der Waals surface area contributed by atoms with Gasteiger partial charge in [-0.2, -0.15) is 0 Å². The summed E-state index contributed by atoms with van der Waals surface area (Å²) in [4.78, 5) is 2.55. The van der Waals surface area contributed by atoms with Crippen molar-refractivity contribution >= 4 is 0 Å². The van der Waals surface area contributed by atoms with Crippen molar-refractivity contribution in [2.24, 2.45) is 11.7 Å². The maximum Gasteiger partial charge on any atom is 0.0233 e. The van der Waals surface area contributed by atoms with Crippen LogP contribution in [0.15, 0.2) is 18.2 Å². The van der Waals surface area contributed by atoms with Crippen LogP contribution in [0.5, 0.6) is 0 Å². The molecule has 0 amide bonds. The second-order valence-electron chi connectivity index (χ2n) is 5.37. The van der Waals surface area contributed by atoms with Crippen LogP contribution in [0.1, 0.15) is 29.5 Å². The Morgan fingerprint density at radius 3 is 2.47 bits per heavy atom. The Bertz CT molecular complexity index is 365. The summed E-state index contributed by atoms with van der Waals surface area (Å²) in [6, 6.07) is 6.82. The smallest absolute Gasteiger partial charge is 0.0233 e. The van der Waals surface area contributed by atoms with Gasteiger partial charge in [-0.15, -0.1) is 0 Å². The van der Waals surface area contributed by atoms with E-state index in [1.165, 1.54) is 42.6 Å². The molecule has 0 saturated carbocycles. The van der Waals surface area contributed by atoms with Crippen LogP contribution in [0, 0.1) is 19.8 Å².